The number of hydrogen-bond acceptors (Lipinski definition) is 7. The molecule has 0 spiro atoms. The Balaban J connectivity index is 1.66. The predicted molar refractivity (Wildman–Crippen MR) is 132 cm³/mol. The van der Waals surface area contributed by atoms with Gasteiger partial charge in [0.25, 0.3) is 10.0 Å². The number of furan rings is 1. The molecule has 0 unspecified atom stereocenters. The summed E-state index contributed by atoms with van der Waals surface area (Å²) in [7, 11) is -3.88. The summed E-state index contributed by atoms with van der Waals surface area (Å²) < 4.78 is 35.5. The molecule has 6 rings (SSSR count). The van der Waals surface area contributed by atoms with E-state index in [9.17, 15) is 18.8 Å². The van der Waals surface area contributed by atoms with Crippen LogP contribution in [0.1, 0.15) is 11.3 Å². The van der Waals surface area contributed by atoms with E-state index in [1.54, 1.807) is 60.7 Å². The molecule has 0 amide bonds. The summed E-state index contributed by atoms with van der Waals surface area (Å²) in [5.41, 5.74) is 2.60. The number of aliphatic hydroxyl groups is 1. The molecule has 0 fully saturated rings. The molecule has 0 aliphatic heterocycles. The van der Waals surface area contributed by atoms with Crippen molar-refractivity contribution in [3.8, 4) is 23.3 Å². The van der Waals surface area contributed by atoms with Crippen molar-refractivity contribution in [2.45, 2.75) is 11.5 Å². The quantitative estimate of drug-likeness (QED) is 0.379. The first kappa shape index (κ1) is 21.8. The maximum atomic E-state index is 13.4. The molecule has 0 bridgehead atoms. The van der Waals surface area contributed by atoms with Crippen LogP contribution in [0.5, 0.6) is 0 Å². The number of benzene rings is 2. The zero-order chi connectivity index (χ0) is 24.9. The average Bonchev–Trinajstić information content (AvgIpc) is 3.65. The van der Waals surface area contributed by atoms with Gasteiger partial charge in [0, 0.05) is 17.3 Å². The van der Waals surface area contributed by atoms with Crippen molar-refractivity contribution in [2.75, 3.05) is 0 Å². The number of nitrogens with zero attached hydrogens (tertiary/aromatic N) is 5. The first-order valence-electron chi connectivity index (χ1n) is 10.9. The highest BCUT2D eigenvalue weighted by Crippen LogP contribution is 2.34. The number of imidazole rings is 1. The number of aliphatic hydroxyl groups excluding tert-OH is 1. The van der Waals surface area contributed by atoms with Gasteiger partial charge in [-0.15, -0.1) is 0 Å². The molecule has 0 saturated carbocycles. The van der Waals surface area contributed by atoms with Crippen LogP contribution in [0.3, 0.4) is 0 Å². The third-order valence-corrected chi connectivity index (χ3v) is 7.57. The number of nitriles is 1. The summed E-state index contributed by atoms with van der Waals surface area (Å²) in [6.45, 7) is -0.261. The lowest BCUT2D eigenvalue weighted by atomic mass is 10.2. The van der Waals surface area contributed by atoms with Gasteiger partial charge in [-0.3, -0.25) is 4.57 Å². The van der Waals surface area contributed by atoms with Crippen molar-refractivity contribution in [1.82, 2.24) is 18.5 Å². The Morgan fingerprint density at radius 3 is 2.47 bits per heavy atom. The first-order valence-corrected chi connectivity index (χ1v) is 12.3. The van der Waals surface area contributed by atoms with Gasteiger partial charge in [0.15, 0.2) is 17.2 Å². The van der Waals surface area contributed by atoms with Crippen molar-refractivity contribution in [3.05, 3.63) is 96.5 Å². The minimum atomic E-state index is -3.88. The van der Waals surface area contributed by atoms with Gasteiger partial charge in [-0.2, -0.15) is 5.26 Å². The fourth-order valence-corrected chi connectivity index (χ4v) is 5.53. The monoisotopic (exact) mass is 495 g/mol. The van der Waals surface area contributed by atoms with Crippen LogP contribution in [0, 0.1) is 11.3 Å². The SMILES string of the molecule is N#Cc1ccc(-n2c(-c3ccc(CO)o3)nc3cnc4c(ccn4S(=O)(=O)c4ccccc4)c32)cc1. The second kappa shape index (κ2) is 8.20. The summed E-state index contributed by atoms with van der Waals surface area (Å²) >= 11 is 0. The first-order chi connectivity index (χ1) is 17.5. The molecule has 0 radical (unpaired) electrons. The van der Waals surface area contributed by atoms with Gasteiger partial charge in [0.1, 0.15) is 17.9 Å². The molecule has 4 heterocycles. The molecule has 1 N–H and O–H groups in total. The number of rotatable bonds is 5. The third-order valence-electron chi connectivity index (χ3n) is 5.89. The molecule has 2 aromatic carbocycles. The molecule has 0 saturated heterocycles. The Labute approximate surface area is 205 Å². The number of hydrogen-bond donors (Lipinski definition) is 1. The highest BCUT2D eigenvalue weighted by atomic mass is 32.2. The minimum absolute atomic E-state index is 0.151. The summed E-state index contributed by atoms with van der Waals surface area (Å²) in [4.78, 5) is 9.33. The Hall–Kier alpha value is -4.72. The zero-order valence-corrected chi connectivity index (χ0v) is 19.4. The van der Waals surface area contributed by atoms with Crippen molar-refractivity contribution in [3.63, 3.8) is 0 Å². The van der Waals surface area contributed by atoms with Crippen LogP contribution in [0.2, 0.25) is 0 Å². The summed E-state index contributed by atoms with van der Waals surface area (Å²) in [6, 6.07) is 22.3. The lowest BCUT2D eigenvalue weighted by Gasteiger charge is -2.10. The van der Waals surface area contributed by atoms with Gasteiger partial charge < -0.3 is 9.52 Å². The van der Waals surface area contributed by atoms with Crippen LogP contribution in [0.25, 0.3) is 39.3 Å². The van der Waals surface area contributed by atoms with Crippen molar-refractivity contribution in [1.29, 1.82) is 5.26 Å². The number of pyridine rings is 1. The van der Waals surface area contributed by atoms with Crippen LogP contribution < -0.4 is 0 Å². The highest BCUT2D eigenvalue weighted by Gasteiger charge is 2.24. The molecule has 176 valence electrons. The maximum Gasteiger partial charge on any atom is 0.269 e. The van der Waals surface area contributed by atoms with E-state index in [4.69, 9.17) is 9.40 Å². The summed E-state index contributed by atoms with van der Waals surface area (Å²) in [5, 5.41) is 19.3. The molecule has 6 aromatic rings. The van der Waals surface area contributed by atoms with Gasteiger partial charge in [-0.05, 0) is 54.6 Å². The van der Waals surface area contributed by atoms with Crippen molar-refractivity contribution < 1.29 is 17.9 Å². The second-order valence-electron chi connectivity index (χ2n) is 8.01. The minimum Gasteiger partial charge on any atom is -0.455 e. The Bertz CT molecular complexity index is 1890. The lowest BCUT2D eigenvalue weighted by molar-refractivity contribution is 0.248. The smallest absolute Gasteiger partial charge is 0.269 e. The molecule has 4 aromatic heterocycles. The molecule has 0 aliphatic rings. The van der Waals surface area contributed by atoms with E-state index < -0.39 is 10.0 Å². The Morgan fingerprint density at radius 2 is 1.78 bits per heavy atom. The van der Waals surface area contributed by atoms with Crippen LogP contribution >= 0.6 is 0 Å². The lowest BCUT2D eigenvalue weighted by Crippen LogP contribution is -2.12. The summed E-state index contributed by atoms with van der Waals surface area (Å²) in [5.74, 6) is 1.25. The van der Waals surface area contributed by atoms with E-state index in [1.165, 1.54) is 24.5 Å². The van der Waals surface area contributed by atoms with Crippen LogP contribution in [-0.2, 0) is 16.6 Å². The van der Waals surface area contributed by atoms with Crippen LogP contribution in [0.4, 0.5) is 0 Å². The zero-order valence-electron chi connectivity index (χ0n) is 18.6. The van der Waals surface area contributed by atoms with Gasteiger partial charge >= 0.3 is 0 Å². The van der Waals surface area contributed by atoms with Crippen LogP contribution in [-0.4, -0.2) is 32.0 Å². The Morgan fingerprint density at radius 1 is 1.00 bits per heavy atom. The highest BCUT2D eigenvalue weighted by molar-refractivity contribution is 7.90. The Kier molecular flexibility index (Phi) is 4.96. The van der Waals surface area contributed by atoms with E-state index in [0.29, 0.717) is 45.0 Å². The van der Waals surface area contributed by atoms with Gasteiger partial charge in [0.2, 0.25) is 0 Å². The number of fused-ring (bicyclic) bond motifs is 3. The van der Waals surface area contributed by atoms with Crippen molar-refractivity contribution in [2.24, 2.45) is 0 Å². The third kappa shape index (κ3) is 3.30. The van der Waals surface area contributed by atoms with E-state index in [1.807, 2.05) is 4.57 Å². The fourth-order valence-electron chi connectivity index (χ4n) is 4.21. The van der Waals surface area contributed by atoms with Gasteiger partial charge in [-0.1, -0.05) is 18.2 Å². The second-order valence-corrected chi connectivity index (χ2v) is 9.83. The molecule has 0 atom stereocenters. The molecule has 36 heavy (non-hydrogen) atoms. The average molecular weight is 496 g/mol. The largest absolute Gasteiger partial charge is 0.455 e. The fraction of sp³-hybridized carbons (Fsp3) is 0.0385. The molecule has 0 aliphatic carbocycles. The van der Waals surface area contributed by atoms with E-state index in [2.05, 4.69) is 11.1 Å². The predicted octanol–water partition coefficient (Wildman–Crippen LogP) is 4.24. The van der Waals surface area contributed by atoms with Gasteiger partial charge in [0.05, 0.1) is 28.2 Å². The van der Waals surface area contributed by atoms with Crippen LogP contribution in [0.15, 0.2) is 94.5 Å². The molecular formula is C26H17N5O4S. The molecule has 9 nitrogen and oxygen atoms in total. The van der Waals surface area contributed by atoms with E-state index >= 15 is 0 Å². The number of aromatic nitrogens is 4. The van der Waals surface area contributed by atoms with E-state index in [-0.39, 0.29) is 17.1 Å². The topological polar surface area (TPSA) is 127 Å². The van der Waals surface area contributed by atoms with Crippen molar-refractivity contribution >= 4 is 32.1 Å². The standard InChI is InChI=1S/C26H17N5O4S/c27-14-17-6-8-18(9-7-17)31-24-21-12-13-30(36(33,34)20-4-2-1-3-5-20)25(21)28-15-22(24)29-26(31)23-11-10-19(16-32)35-23/h1-13,15,32H,16H2. The summed E-state index contributed by atoms with van der Waals surface area (Å²) in [6.07, 6.45) is 3.00. The van der Waals surface area contributed by atoms with Gasteiger partial charge in [-0.25, -0.2) is 22.4 Å². The van der Waals surface area contributed by atoms with E-state index in [0.717, 1.165) is 3.97 Å². The normalized spacial score (nSPS) is 11.8. The molecular weight excluding hydrogens is 478 g/mol. The molecule has 10 heteroatoms. The maximum absolute atomic E-state index is 13.4.